The number of hydrogen-bond donors (Lipinski definition) is 2. The molecule has 1 saturated carbocycles. The van der Waals surface area contributed by atoms with Gasteiger partial charge in [0.2, 0.25) is 0 Å². The highest BCUT2D eigenvalue weighted by atomic mass is 127. The number of ether oxygens (including phenoxy) is 2. The van der Waals surface area contributed by atoms with E-state index in [1.807, 2.05) is 6.07 Å². The Balaban J connectivity index is 0.00000364. The summed E-state index contributed by atoms with van der Waals surface area (Å²) in [5, 5.41) is 6.75. The van der Waals surface area contributed by atoms with E-state index in [4.69, 9.17) is 4.74 Å². The first-order valence-electron chi connectivity index (χ1n) is 9.10. The molecule has 0 amide bonds. The van der Waals surface area contributed by atoms with Gasteiger partial charge in [-0.1, -0.05) is 13.0 Å². The number of rotatable bonds is 7. The summed E-state index contributed by atoms with van der Waals surface area (Å²) in [6.07, 6.45) is 5.47. The van der Waals surface area contributed by atoms with Gasteiger partial charge in [-0.25, -0.2) is 0 Å². The van der Waals surface area contributed by atoms with Gasteiger partial charge in [-0.3, -0.25) is 4.99 Å². The maximum atomic E-state index is 12.5. The van der Waals surface area contributed by atoms with Gasteiger partial charge in [0.05, 0.1) is 7.11 Å². The van der Waals surface area contributed by atoms with E-state index in [0.717, 1.165) is 30.3 Å². The van der Waals surface area contributed by atoms with Gasteiger partial charge in [-0.15, -0.1) is 24.0 Å². The Bertz CT molecular complexity index is 594. The molecule has 0 spiro atoms. The Morgan fingerprint density at radius 1 is 1.22 bits per heavy atom. The van der Waals surface area contributed by atoms with Crippen molar-refractivity contribution in [3.8, 4) is 11.5 Å². The Morgan fingerprint density at radius 2 is 1.93 bits per heavy atom. The molecular formula is C19H30F2IN3O2. The minimum Gasteiger partial charge on any atom is -0.493 e. The maximum Gasteiger partial charge on any atom is 0.387 e. The zero-order chi connectivity index (χ0) is 18.9. The molecule has 0 bridgehead atoms. The third-order valence-corrected chi connectivity index (χ3v) is 4.73. The van der Waals surface area contributed by atoms with Gasteiger partial charge in [0.15, 0.2) is 17.5 Å². The predicted octanol–water partition coefficient (Wildman–Crippen LogP) is 4.20. The minimum atomic E-state index is -2.88. The Hall–Kier alpha value is -1.32. The topological polar surface area (TPSA) is 54.9 Å². The third kappa shape index (κ3) is 8.06. The molecule has 1 aliphatic carbocycles. The van der Waals surface area contributed by atoms with Crippen LogP contribution in [-0.2, 0) is 6.42 Å². The number of hydrogen-bond acceptors (Lipinski definition) is 3. The summed E-state index contributed by atoms with van der Waals surface area (Å²) < 4.78 is 34.6. The van der Waals surface area contributed by atoms with Gasteiger partial charge in [0.1, 0.15) is 0 Å². The summed E-state index contributed by atoms with van der Waals surface area (Å²) in [7, 11) is 3.18. The highest BCUT2D eigenvalue weighted by molar-refractivity contribution is 14.0. The lowest BCUT2D eigenvalue weighted by Gasteiger charge is -2.28. The monoisotopic (exact) mass is 497 g/mol. The molecule has 0 saturated heterocycles. The lowest BCUT2D eigenvalue weighted by Crippen LogP contribution is -2.45. The van der Waals surface area contributed by atoms with Crippen LogP contribution in [0.1, 0.15) is 38.2 Å². The molecule has 1 aromatic rings. The number of benzene rings is 1. The number of alkyl halides is 2. The summed E-state index contributed by atoms with van der Waals surface area (Å²) in [6.45, 7) is 0.0615. The van der Waals surface area contributed by atoms with Crippen molar-refractivity contribution >= 4 is 29.9 Å². The molecule has 0 heterocycles. The fourth-order valence-corrected chi connectivity index (χ4v) is 3.18. The first kappa shape index (κ1) is 23.7. The predicted molar refractivity (Wildman–Crippen MR) is 115 cm³/mol. The van der Waals surface area contributed by atoms with Crippen LogP contribution in [0.2, 0.25) is 0 Å². The molecule has 0 radical (unpaired) electrons. The van der Waals surface area contributed by atoms with Gasteiger partial charge in [-0.2, -0.15) is 8.78 Å². The van der Waals surface area contributed by atoms with Crippen LogP contribution in [0.3, 0.4) is 0 Å². The average Bonchev–Trinajstić information content (AvgIpc) is 2.62. The number of guanidine groups is 1. The van der Waals surface area contributed by atoms with Crippen LogP contribution < -0.4 is 20.1 Å². The van der Waals surface area contributed by atoms with Crippen molar-refractivity contribution in [3.63, 3.8) is 0 Å². The number of aliphatic imine (C=N–C) groups is 1. The van der Waals surface area contributed by atoms with Crippen LogP contribution in [0.5, 0.6) is 11.5 Å². The largest absolute Gasteiger partial charge is 0.493 e. The molecule has 0 aromatic heterocycles. The zero-order valence-corrected chi connectivity index (χ0v) is 18.5. The van der Waals surface area contributed by atoms with Gasteiger partial charge >= 0.3 is 6.61 Å². The van der Waals surface area contributed by atoms with E-state index in [1.165, 1.54) is 20.0 Å². The molecular weight excluding hydrogens is 467 g/mol. The molecule has 0 unspecified atom stereocenters. The second-order valence-corrected chi connectivity index (χ2v) is 6.71. The van der Waals surface area contributed by atoms with E-state index >= 15 is 0 Å². The number of nitrogens with zero attached hydrogens (tertiary/aromatic N) is 1. The summed E-state index contributed by atoms with van der Waals surface area (Å²) in [5.41, 5.74) is 0.885. The molecule has 0 aliphatic heterocycles. The zero-order valence-electron chi connectivity index (χ0n) is 16.1. The van der Waals surface area contributed by atoms with Crippen molar-refractivity contribution in [2.45, 2.75) is 51.7 Å². The highest BCUT2D eigenvalue weighted by Gasteiger charge is 2.18. The first-order valence-corrected chi connectivity index (χ1v) is 9.10. The first-order chi connectivity index (χ1) is 12.5. The van der Waals surface area contributed by atoms with Crippen molar-refractivity contribution in [1.29, 1.82) is 0 Å². The summed E-state index contributed by atoms with van der Waals surface area (Å²) in [4.78, 5) is 4.27. The summed E-state index contributed by atoms with van der Waals surface area (Å²) in [6, 6.07) is 5.54. The number of halogens is 3. The lowest BCUT2D eigenvalue weighted by molar-refractivity contribution is -0.0512. The fraction of sp³-hybridized carbons (Fsp3) is 0.632. The fourth-order valence-electron chi connectivity index (χ4n) is 3.18. The summed E-state index contributed by atoms with van der Waals surface area (Å²) >= 11 is 0. The van der Waals surface area contributed by atoms with Gasteiger partial charge in [0.25, 0.3) is 0 Å². The van der Waals surface area contributed by atoms with Crippen LogP contribution in [0.25, 0.3) is 0 Å². The van der Waals surface area contributed by atoms with Crippen molar-refractivity contribution in [3.05, 3.63) is 23.8 Å². The lowest BCUT2D eigenvalue weighted by atomic mass is 9.87. The van der Waals surface area contributed by atoms with E-state index in [0.29, 0.717) is 24.8 Å². The van der Waals surface area contributed by atoms with Crippen LogP contribution in [0.15, 0.2) is 23.2 Å². The minimum absolute atomic E-state index is 0. The van der Waals surface area contributed by atoms with E-state index in [2.05, 4.69) is 27.3 Å². The van der Waals surface area contributed by atoms with Gasteiger partial charge < -0.3 is 20.1 Å². The molecule has 0 atom stereocenters. The van der Waals surface area contributed by atoms with Crippen molar-refractivity contribution in [2.75, 3.05) is 20.7 Å². The van der Waals surface area contributed by atoms with E-state index < -0.39 is 6.61 Å². The quantitative estimate of drug-likeness (QED) is 0.337. The van der Waals surface area contributed by atoms with Crippen LogP contribution in [-0.4, -0.2) is 39.3 Å². The Morgan fingerprint density at radius 3 is 2.52 bits per heavy atom. The average molecular weight is 497 g/mol. The van der Waals surface area contributed by atoms with E-state index in [1.54, 1.807) is 19.2 Å². The van der Waals surface area contributed by atoms with Crippen molar-refractivity contribution in [1.82, 2.24) is 10.6 Å². The highest BCUT2D eigenvalue weighted by Crippen LogP contribution is 2.29. The smallest absolute Gasteiger partial charge is 0.387 e. The second-order valence-electron chi connectivity index (χ2n) is 6.71. The standard InChI is InChI=1S/C19H29F2N3O2.HI/c1-13-4-7-15(8-5-13)24-19(22-2)23-11-10-14-6-9-16(25-3)17(12-14)26-18(20)21;/h6,9,12-13,15,18H,4-5,7-8,10-11H2,1-3H3,(H2,22,23,24);1H. The van der Waals surface area contributed by atoms with Crippen LogP contribution >= 0.6 is 24.0 Å². The van der Waals surface area contributed by atoms with E-state index in [9.17, 15) is 8.78 Å². The van der Waals surface area contributed by atoms with E-state index in [-0.39, 0.29) is 29.7 Å². The molecule has 1 fully saturated rings. The molecule has 1 aromatic carbocycles. The maximum absolute atomic E-state index is 12.5. The normalized spacial score (nSPS) is 20.0. The van der Waals surface area contributed by atoms with Crippen LogP contribution in [0.4, 0.5) is 8.78 Å². The molecule has 8 heteroatoms. The third-order valence-electron chi connectivity index (χ3n) is 4.73. The van der Waals surface area contributed by atoms with Gasteiger partial charge in [-0.05, 0) is 55.7 Å². The second kappa shape index (κ2) is 12.2. The molecule has 154 valence electrons. The molecule has 27 heavy (non-hydrogen) atoms. The van der Waals surface area contributed by atoms with Crippen molar-refractivity contribution < 1.29 is 18.3 Å². The van der Waals surface area contributed by atoms with Gasteiger partial charge in [0, 0.05) is 19.6 Å². The van der Waals surface area contributed by atoms with Crippen molar-refractivity contribution in [2.24, 2.45) is 10.9 Å². The summed E-state index contributed by atoms with van der Waals surface area (Å²) in [5.74, 6) is 1.94. The molecule has 2 N–H and O–H groups in total. The Kier molecular flexibility index (Phi) is 10.7. The Labute approximate surface area is 177 Å². The molecule has 1 aliphatic rings. The molecule has 5 nitrogen and oxygen atoms in total. The SMILES string of the molecule is CN=C(NCCc1ccc(OC)c(OC(F)F)c1)NC1CCC(C)CC1.I. The number of nitrogens with one attached hydrogen (secondary N) is 2. The number of methoxy groups -OCH3 is 1. The molecule has 2 rings (SSSR count). The van der Waals surface area contributed by atoms with Crippen LogP contribution in [0, 0.1) is 5.92 Å².